The lowest BCUT2D eigenvalue weighted by atomic mass is 9.48. The lowest BCUT2D eigenvalue weighted by molar-refractivity contribution is -0.0794. The third kappa shape index (κ3) is 1.98. The van der Waals surface area contributed by atoms with Gasteiger partial charge in [0.15, 0.2) is 0 Å². The normalized spacial score (nSPS) is 50.3. The van der Waals surface area contributed by atoms with E-state index in [0.717, 1.165) is 51.4 Å². The van der Waals surface area contributed by atoms with E-state index in [0.29, 0.717) is 23.7 Å². The molecule has 4 aliphatic carbocycles. The molecule has 2 N–H and O–H groups in total. The van der Waals surface area contributed by atoms with Crippen LogP contribution >= 0.6 is 0 Å². The van der Waals surface area contributed by atoms with Gasteiger partial charge in [-0.3, -0.25) is 0 Å². The van der Waals surface area contributed by atoms with Crippen molar-refractivity contribution in [3.63, 3.8) is 0 Å². The van der Waals surface area contributed by atoms with E-state index >= 15 is 0 Å². The summed E-state index contributed by atoms with van der Waals surface area (Å²) >= 11 is 0. The van der Waals surface area contributed by atoms with Gasteiger partial charge in [0.1, 0.15) is 5.60 Å². The molecule has 4 aliphatic rings. The van der Waals surface area contributed by atoms with Gasteiger partial charge in [0.25, 0.3) is 0 Å². The molecular weight excluding hydrogens is 296 g/mol. The molecule has 2 heteroatoms. The number of aliphatic hydroxyl groups excluding tert-OH is 1. The highest BCUT2D eigenvalue weighted by Crippen LogP contribution is 2.67. The van der Waals surface area contributed by atoms with Crippen molar-refractivity contribution in [1.29, 1.82) is 0 Å². The van der Waals surface area contributed by atoms with Crippen LogP contribution in [0.2, 0.25) is 0 Å². The number of fused-ring (bicyclic) bond motifs is 5. The highest BCUT2D eigenvalue weighted by molar-refractivity contribution is 5.32. The average molecular weight is 326 g/mol. The Morgan fingerprint density at radius 3 is 2.83 bits per heavy atom. The molecule has 3 fully saturated rings. The van der Waals surface area contributed by atoms with Crippen molar-refractivity contribution in [2.75, 3.05) is 0 Å². The SMILES string of the molecule is C#C[C@]1(O)CCC2C3CCC4=CC(O)CCC4C3C(=C)CC21CC. The van der Waals surface area contributed by atoms with Crippen molar-refractivity contribution < 1.29 is 10.2 Å². The van der Waals surface area contributed by atoms with Gasteiger partial charge >= 0.3 is 0 Å². The summed E-state index contributed by atoms with van der Waals surface area (Å²) in [5.74, 6) is 5.00. The minimum Gasteiger partial charge on any atom is -0.389 e. The lowest BCUT2D eigenvalue weighted by Crippen LogP contribution is -2.54. The predicted octanol–water partition coefficient (Wildman–Crippen LogP) is 3.84. The van der Waals surface area contributed by atoms with Crippen LogP contribution in [-0.4, -0.2) is 21.9 Å². The monoisotopic (exact) mass is 326 g/mol. The van der Waals surface area contributed by atoms with Gasteiger partial charge in [-0.1, -0.05) is 36.6 Å². The van der Waals surface area contributed by atoms with Gasteiger partial charge in [0.2, 0.25) is 0 Å². The molecular formula is C22H30O2. The van der Waals surface area contributed by atoms with Gasteiger partial charge in [-0.2, -0.15) is 0 Å². The molecule has 6 unspecified atom stereocenters. The largest absolute Gasteiger partial charge is 0.389 e. The van der Waals surface area contributed by atoms with Crippen LogP contribution < -0.4 is 0 Å². The zero-order valence-corrected chi connectivity index (χ0v) is 14.8. The first-order valence-corrected chi connectivity index (χ1v) is 9.72. The molecule has 4 rings (SSSR count). The fraction of sp³-hybridized carbons (Fsp3) is 0.727. The van der Waals surface area contributed by atoms with Crippen LogP contribution in [0, 0.1) is 41.4 Å². The topological polar surface area (TPSA) is 40.5 Å². The van der Waals surface area contributed by atoms with Crippen LogP contribution in [0.15, 0.2) is 23.8 Å². The molecule has 2 nitrogen and oxygen atoms in total. The molecule has 24 heavy (non-hydrogen) atoms. The minimum atomic E-state index is -0.959. The second-order valence-corrected chi connectivity index (χ2v) is 8.72. The van der Waals surface area contributed by atoms with Gasteiger partial charge in [0, 0.05) is 5.41 Å². The summed E-state index contributed by atoms with van der Waals surface area (Å²) in [4.78, 5) is 0. The van der Waals surface area contributed by atoms with E-state index in [-0.39, 0.29) is 11.5 Å². The maximum absolute atomic E-state index is 11.2. The molecule has 0 heterocycles. The molecule has 0 bridgehead atoms. The van der Waals surface area contributed by atoms with Crippen LogP contribution in [0.3, 0.4) is 0 Å². The second kappa shape index (κ2) is 5.48. The van der Waals surface area contributed by atoms with Crippen molar-refractivity contribution in [2.24, 2.45) is 29.1 Å². The minimum absolute atomic E-state index is 0.171. The first kappa shape index (κ1) is 16.4. The highest BCUT2D eigenvalue weighted by Gasteiger charge is 2.64. The zero-order chi connectivity index (χ0) is 17.1. The molecule has 130 valence electrons. The summed E-state index contributed by atoms with van der Waals surface area (Å²) in [6.07, 6.45) is 15.5. The highest BCUT2D eigenvalue weighted by atomic mass is 16.3. The Morgan fingerprint density at radius 1 is 1.33 bits per heavy atom. The van der Waals surface area contributed by atoms with Gasteiger partial charge in [-0.25, -0.2) is 0 Å². The number of aliphatic hydroxyl groups is 2. The van der Waals surface area contributed by atoms with E-state index in [4.69, 9.17) is 6.42 Å². The van der Waals surface area contributed by atoms with E-state index in [1.54, 1.807) is 0 Å². The Balaban J connectivity index is 1.73. The molecule has 0 radical (unpaired) electrons. The summed E-state index contributed by atoms with van der Waals surface area (Å²) in [5.41, 5.74) is 1.64. The van der Waals surface area contributed by atoms with E-state index in [1.807, 2.05) is 0 Å². The summed E-state index contributed by atoms with van der Waals surface area (Å²) in [5, 5.41) is 21.2. The van der Waals surface area contributed by atoms with Crippen LogP contribution in [-0.2, 0) is 0 Å². The van der Waals surface area contributed by atoms with Crippen molar-refractivity contribution in [2.45, 2.75) is 70.0 Å². The summed E-state index contributed by atoms with van der Waals surface area (Å²) in [6, 6.07) is 0. The zero-order valence-electron chi connectivity index (χ0n) is 14.8. The maximum Gasteiger partial charge on any atom is 0.131 e. The molecule has 0 spiro atoms. The van der Waals surface area contributed by atoms with E-state index < -0.39 is 5.60 Å². The van der Waals surface area contributed by atoms with E-state index in [1.165, 1.54) is 11.1 Å². The third-order valence-electron chi connectivity index (χ3n) is 8.07. The predicted molar refractivity (Wildman–Crippen MR) is 96.0 cm³/mol. The lowest BCUT2D eigenvalue weighted by Gasteiger charge is -2.57. The Hall–Kier alpha value is -1.04. The summed E-state index contributed by atoms with van der Waals surface area (Å²) in [7, 11) is 0. The Bertz CT molecular complexity index is 626. The maximum atomic E-state index is 11.2. The fourth-order valence-electron chi connectivity index (χ4n) is 7.03. The number of hydrogen-bond acceptors (Lipinski definition) is 2. The smallest absolute Gasteiger partial charge is 0.131 e. The van der Waals surface area contributed by atoms with Gasteiger partial charge < -0.3 is 10.2 Å². The number of rotatable bonds is 1. The van der Waals surface area contributed by atoms with Crippen LogP contribution in [0.25, 0.3) is 0 Å². The first-order chi connectivity index (χ1) is 11.5. The summed E-state index contributed by atoms with van der Waals surface area (Å²) < 4.78 is 0. The van der Waals surface area contributed by atoms with Crippen molar-refractivity contribution in [1.82, 2.24) is 0 Å². The third-order valence-corrected chi connectivity index (χ3v) is 8.07. The molecule has 0 amide bonds. The van der Waals surface area contributed by atoms with E-state index in [2.05, 4.69) is 25.5 Å². The van der Waals surface area contributed by atoms with Crippen LogP contribution in [0.4, 0.5) is 0 Å². The van der Waals surface area contributed by atoms with Crippen molar-refractivity contribution >= 4 is 0 Å². The molecule has 3 saturated carbocycles. The molecule has 0 saturated heterocycles. The first-order valence-electron chi connectivity index (χ1n) is 9.72. The molecule has 0 aromatic rings. The Kier molecular flexibility index (Phi) is 3.75. The Morgan fingerprint density at radius 2 is 2.12 bits per heavy atom. The van der Waals surface area contributed by atoms with Crippen LogP contribution in [0.5, 0.6) is 0 Å². The number of terminal acetylenes is 1. The summed E-state index contributed by atoms with van der Waals surface area (Å²) in [6.45, 7) is 6.69. The molecule has 0 aromatic carbocycles. The number of allylic oxidation sites excluding steroid dienone is 2. The standard InChI is InChI=1S/C22H30O2/c1-4-21-13-14(3)20-17-9-7-16(23)12-15(17)6-8-18(20)19(21)10-11-22(21,24)5-2/h2,12,16-20,23-24H,3-4,6-11,13H2,1H3/t16?,17?,18?,19?,20?,21?,22-/m0/s1. The van der Waals surface area contributed by atoms with E-state index in [9.17, 15) is 10.2 Å². The van der Waals surface area contributed by atoms with Gasteiger partial charge in [0.05, 0.1) is 6.10 Å². The quantitative estimate of drug-likeness (QED) is 0.568. The number of hydrogen-bond donors (Lipinski definition) is 2. The van der Waals surface area contributed by atoms with Gasteiger partial charge in [-0.05, 0) is 75.0 Å². The Labute approximate surface area is 146 Å². The van der Waals surface area contributed by atoms with Crippen molar-refractivity contribution in [3.05, 3.63) is 23.8 Å². The fourth-order valence-corrected chi connectivity index (χ4v) is 7.03. The average Bonchev–Trinajstić information content (AvgIpc) is 2.88. The van der Waals surface area contributed by atoms with Crippen LogP contribution in [0.1, 0.15) is 58.3 Å². The second-order valence-electron chi connectivity index (χ2n) is 8.72. The molecule has 0 aliphatic heterocycles. The molecule has 7 atom stereocenters. The van der Waals surface area contributed by atoms with Crippen molar-refractivity contribution in [3.8, 4) is 12.3 Å². The van der Waals surface area contributed by atoms with Gasteiger partial charge in [-0.15, -0.1) is 6.42 Å². The molecule has 0 aromatic heterocycles.